The second kappa shape index (κ2) is 5.19. The molecule has 10 heavy (non-hydrogen) atoms. The SMILES string of the molecule is O=C(O)C1CCN1.O=[SH2]=O. The second-order valence-corrected chi connectivity index (χ2v) is 1.88. The molecule has 2 N–H and O–H groups in total. The third kappa shape index (κ3) is 3.41. The van der Waals surface area contributed by atoms with E-state index < -0.39 is 17.5 Å². The van der Waals surface area contributed by atoms with E-state index in [-0.39, 0.29) is 6.04 Å². The van der Waals surface area contributed by atoms with Crippen molar-refractivity contribution in [2.75, 3.05) is 6.54 Å². The van der Waals surface area contributed by atoms with Gasteiger partial charge in [-0.15, -0.1) is 0 Å². The quantitative estimate of drug-likeness (QED) is 0.482. The van der Waals surface area contributed by atoms with Crippen LogP contribution in [0.25, 0.3) is 0 Å². The van der Waals surface area contributed by atoms with Crippen molar-refractivity contribution in [3.8, 4) is 0 Å². The Morgan fingerprint density at radius 2 is 2.00 bits per heavy atom. The van der Waals surface area contributed by atoms with Gasteiger partial charge in [-0.1, -0.05) is 0 Å². The summed E-state index contributed by atoms with van der Waals surface area (Å²) >= 11 is -1.42. The van der Waals surface area contributed by atoms with Crippen LogP contribution in [0.15, 0.2) is 0 Å². The van der Waals surface area contributed by atoms with E-state index in [1.807, 2.05) is 0 Å². The van der Waals surface area contributed by atoms with E-state index in [0.29, 0.717) is 0 Å². The summed E-state index contributed by atoms with van der Waals surface area (Å²) in [5.41, 5.74) is 0. The number of carbonyl (C=O) groups is 1. The van der Waals surface area contributed by atoms with Gasteiger partial charge in [0, 0.05) is 0 Å². The van der Waals surface area contributed by atoms with Crippen LogP contribution < -0.4 is 5.32 Å². The third-order valence-electron chi connectivity index (χ3n) is 1.12. The topological polar surface area (TPSA) is 83.5 Å². The monoisotopic (exact) mass is 167 g/mol. The highest BCUT2D eigenvalue weighted by Gasteiger charge is 2.22. The van der Waals surface area contributed by atoms with Crippen LogP contribution in [-0.2, 0) is 16.4 Å². The zero-order chi connectivity index (χ0) is 7.98. The number of aliphatic carboxylic acids is 1. The summed E-state index contributed by atoms with van der Waals surface area (Å²) in [7, 11) is 0. The van der Waals surface area contributed by atoms with Crippen LogP contribution in [0.5, 0.6) is 0 Å². The molecule has 0 aliphatic carbocycles. The van der Waals surface area contributed by atoms with Gasteiger partial charge in [0.05, 0.1) is 0 Å². The minimum Gasteiger partial charge on any atom is -0.480 e. The molecule has 1 saturated heterocycles. The molecule has 60 valence electrons. The number of rotatable bonds is 1. The summed E-state index contributed by atoms with van der Waals surface area (Å²) < 4.78 is 16.8. The molecule has 1 rings (SSSR count). The van der Waals surface area contributed by atoms with E-state index in [1.54, 1.807) is 0 Å². The van der Waals surface area contributed by atoms with Crippen LogP contribution in [0.2, 0.25) is 0 Å². The highest BCUT2D eigenvalue weighted by atomic mass is 32.1. The number of carboxylic acids is 1. The molecule has 1 fully saturated rings. The summed E-state index contributed by atoms with van der Waals surface area (Å²) in [5.74, 6) is -0.730. The standard InChI is InChI=1S/C4H7NO2.H2O2S/c6-4(7)3-1-2-5-3;1-3-2/h3,5H,1-2H2,(H,6,7);3H2. The molecule has 0 spiro atoms. The van der Waals surface area contributed by atoms with Crippen LogP contribution in [0, 0.1) is 0 Å². The summed E-state index contributed by atoms with van der Waals surface area (Å²) in [6, 6.07) is -0.250. The van der Waals surface area contributed by atoms with Crippen LogP contribution in [0.3, 0.4) is 0 Å². The van der Waals surface area contributed by atoms with Crippen molar-refractivity contribution >= 4 is 17.5 Å². The van der Waals surface area contributed by atoms with Crippen molar-refractivity contribution in [1.29, 1.82) is 0 Å². The summed E-state index contributed by atoms with van der Waals surface area (Å²) in [6.45, 7) is 0.858. The molecule has 1 atom stereocenters. The fourth-order valence-electron chi connectivity index (χ4n) is 0.499. The minimum absolute atomic E-state index is 0.250. The van der Waals surface area contributed by atoms with Crippen molar-refractivity contribution in [1.82, 2.24) is 5.32 Å². The Kier molecular flexibility index (Phi) is 4.87. The van der Waals surface area contributed by atoms with E-state index in [2.05, 4.69) is 5.32 Å². The molecule has 1 aliphatic heterocycles. The fourth-order valence-corrected chi connectivity index (χ4v) is 0.499. The summed E-state index contributed by atoms with van der Waals surface area (Å²) in [4.78, 5) is 9.92. The summed E-state index contributed by atoms with van der Waals surface area (Å²) in [5, 5.41) is 10.9. The molecule has 1 aliphatic rings. The first-order valence-corrected chi connectivity index (χ1v) is 3.49. The Morgan fingerprint density at radius 1 is 1.60 bits per heavy atom. The Balaban J connectivity index is 0.000000236. The highest BCUT2D eigenvalue weighted by Crippen LogP contribution is 1.99. The maximum absolute atomic E-state index is 9.92. The van der Waals surface area contributed by atoms with Gasteiger partial charge in [-0.05, 0) is 13.0 Å². The lowest BCUT2D eigenvalue weighted by atomic mass is 10.1. The molecule has 6 heteroatoms. The molecule has 0 radical (unpaired) electrons. The maximum Gasteiger partial charge on any atom is 0.320 e. The maximum atomic E-state index is 9.92. The first-order chi connectivity index (χ1) is 4.72. The van der Waals surface area contributed by atoms with Gasteiger partial charge in [0.1, 0.15) is 17.6 Å². The number of carboxylic acid groups (broad SMARTS) is 1. The van der Waals surface area contributed by atoms with Gasteiger partial charge < -0.3 is 10.4 Å². The van der Waals surface area contributed by atoms with Gasteiger partial charge in [0.15, 0.2) is 0 Å². The van der Waals surface area contributed by atoms with E-state index in [9.17, 15) is 4.79 Å². The second-order valence-electron chi connectivity index (χ2n) is 1.72. The first-order valence-electron chi connectivity index (χ1n) is 2.68. The largest absolute Gasteiger partial charge is 0.480 e. The van der Waals surface area contributed by atoms with Gasteiger partial charge in [0.25, 0.3) is 0 Å². The van der Waals surface area contributed by atoms with Crippen molar-refractivity contribution in [3.63, 3.8) is 0 Å². The van der Waals surface area contributed by atoms with Gasteiger partial charge in [0.2, 0.25) is 0 Å². The van der Waals surface area contributed by atoms with E-state index in [1.165, 1.54) is 0 Å². The molecule has 1 unspecified atom stereocenters. The Hall–Kier alpha value is -0.620. The Morgan fingerprint density at radius 3 is 2.00 bits per heavy atom. The fraction of sp³-hybridized carbons (Fsp3) is 0.750. The Bertz CT molecular complexity index is 149. The van der Waals surface area contributed by atoms with Crippen LogP contribution in [0.1, 0.15) is 6.42 Å². The molecule has 0 bridgehead atoms. The molecule has 0 aromatic heterocycles. The van der Waals surface area contributed by atoms with Crippen molar-refractivity contribution < 1.29 is 18.3 Å². The molecular formula is C4H9NO4S. The molecule has 0 aromatic carbocycles. The van der Waals surface area contributed by atoms with Gasteiger partial charge in [-0.25, -0.2) is 8.42 Å². The molecule has 1 heterocycles. The predicted octanol–water partition coefficient (Wildman–Crippen LogP) is -1.77. The normalized spacial score (nSPS) is 21.8. The lowest BCUT2D eigenvalue weighted by Gasteiger charge is -2.22. The number of hydrogen-bond acceptors (Lipinski definition) is 4. The Labute approximate surface area is 61.0 Å². The van der Waals surface area contributed by atoms with Crippen molar-refractivity contribution in [2.24, 2.45) is 0 Å². The van der Waals surface area contributed by atoms with E-state index in [4.69, 9.17) is 13.5 Å². The van der Waals surface area contributed by atoms with Crippen molar-refractivity contribution in [2.45, 2.75) is 12.5 Å². The average molecular weight is 167 g/mol. The molecule has 0 aromatic rings. The molecule has 5 nitrogen and oxygen atoms in total. The highest BCUT2D eigenvalue weighted by molar-refractivity contribution is 7.51. The van der Waals surface area contributed by atoms with Crippen LogP contribution in [-0.4, -0.2) is 32.1 Å². The average Bonchev–Trinajstić information content (AvgIpc) is 1.59. The smallest absolute Gasteiger partial charge is 0.320 e. The molecular weight excluding hydrogens is 158 g/mol. The van der Waals surface area contributed by atoms with Crippen LogP contribution in [0.4, 0.5) is 0 Å². The van der Waals surface area contributed by atoms with E-state index >= 15 is 0 Å². The van der Waals surface area contributed by atoms with Gasteiger partial charge >= 0.3 is 5.97 Å². The first kappa shape index (κ1) is 9.38. The number of nitrogens with one attached hydrogen (secondary N) is 1. The zero-order valence-corrected chi connectivity index (χ0v) is 6.16. The van der Waals surface area contributed by atoms with Gasteiger partial charge in [-0.2, -0.15) is 0 Å². The van der Waals surface area contributed by atoms with Crippen molar-refractivity contribution in [3.05, 3.63) is 0 Å². The van der Waals surface area contributed by atoms with E-state index in [0.717, 1.165) is 13.0 Å². The third-order valence-corrected chi connectivity index (χ3v) is 1.12. The van der Waals surface area contributed by atoms with Crippen LogP contribution >= 0.6 is 0 Å². The zero-order valence-electron chi connectivity index (χ0n) is 5.16. The lowest BCUT2D eigenvalue weighted by molar-refractivity contribution is -0.141. The number of hydrogen-bond donors (Lipinski definition) is 2. The predicted molar refractivity (Wildman–Crippen MR) is 35.8 cm³/mol. The molecule has 0 saturated carbocycles. The lowest BCUT2D eigenvalue weighted by Crippen LogP contribution is -2.48. The summed E-state index contributed by atoms with van der Waals surface area (Å²) in [6.07, 6.45) is 0.787. The molecule has 0 amide bonds. The van der Waals surface area contributed by atoms with Gasteiger partial charge in [-0.3, -0.25) is 4.79 Å². The minimum atomic E-state index is -1.42.